The normalized spacial score (nSPS) is 10.0. The second-order valence-corrected chi connectivity index (χ2v) is 5.24. The van der Waals surface area contributed by atoms with Gasteiger partial charge in [0.05, 0.1) is 22.8 Å². The molecule has 120 valence electrons. The molecule has 0 saturated carbocycles. The largest absolute Gasteiger partial charge is 0.496 e. The Labute approximate surface area is 143 Å². The van der Waals surface area contributed by atoms with Crippen LogP contribution in [0.4, 0.5) is 5.69 Å². The van der Waals surface area contributed by atoms with Gasteiger partial charge in [-0.2, -0.15) is 0 Å². The fourth-order valence-electron chi connectivity index (χ4n) is 1.81. The minimum Gasteiger partial charge on any atom is -0.496 e. The summed E-state index contributed by atoms with van der Waals surface area (Å²) in [7, 11) is 1.44. The number of carbonyl (C=O) groups is 2. The van der Waals surface area contributed by atoms with Gasteiger partial charge in [-0.15, -0.1) is 0 Å². The number of para-hydroxylation sites is 2. The van der Waals surface area contributed by atoms with E-state index in [0.717, 1.165) is 0 Å². The fourth-order valence-corrected chi connectivity index (χ4v) is 2.31. The molecule has 0 unspecified atom stereocenters. The SMILES string of the molecule is COc1ccccc1C(=O)OCC(=O)Nc1c(Cl)cccc1Cl. The summed E-state index contributed by atoms with van der Waals surface area (Å²) in [6.07, 6.45) is 0. The maximum absolute atomic E-state index is 12.0. The van der Waals surface area contributed by atoms with Crippen molar-refractivity contribution in [1.29, 1.82) is 0 Å². The predicted octanol–water partition coefficient (Wildman–Crippen LogP) is 3.80. The van der Waals surface area contributed by atoms with Crippen molar-refractivity contribution in [3.63, 3.8) is 0 Å². The van der Waals surface area contributed by atoms with E-state index in [4.69, 9.17) is 32.7 Å². The van der Waals surface area contributed by atoms with E-state index in [0.29, 0.717) is 15.8 Å². The first-order valence-corrected chi connectivity index (χ1v) is 7.32. The van der Waals surface area contributed by atoms with E-state index in [1.807, 2.05) is 0 Å². The highest BCUT2D eigenvalue weighted by molar-refractivity contribution is 6.39. The third-order valence-electron chi connectivity index (χ3n) is 2.89. The van der Waals surface area contributed by atoms with Crippen LogP contribution in [0.1, 0.15) is 10.4 Å². The van der Waals surface area contributed by atoms with Crippen molar-refractivity contribution in [3.05, 3.63) is 58.1 Å². The summed E-state index contributed by atoms with van der Waals surface area (Å²) in [6, 6.07) is 11.4. The minimum absolute atomic E-state index is 0.235. The summed E-state index contributed by atoms with van der Waals surface area (Å²) in [5, 5.41) is 3.09. The second kappa shape index (κ2) is 7.85. The third-order valence-corrected chi connectivity index (χ3v) is 3.52. The number of carbonyl (C=O) groups excluding carboxylic acids is 2. The first-order valence-electron chi connectivity index (χ1n) is 6.57. The van der Waals surface area contributed by atoms with Crippen molar-refractivity contribution >= 4 is 40.8 Å². The minimum atomic E-state index is -0.664. The van der Waals surface area contributed by atoms with Crippen molar-refractivity contribution in [2.45, 2.75) is 0 Å². The highest BCUT2D eigenvalue weighted by atomic mass is 35.5. The second-order valence-electron chi connectivity index (χ2n) is 4.42. The van der Waals surface area contributed by atoms with E-state index in [1.54, 1.807) is 42.5 Å². The molecule has 1 amide bonds. The third kappa shape index (κ3) is 4.37. The van der Waals surface area contributed by atoms with Crippen molar-refractivity contribution in [2.24, 2.45) is 0 Å². The van der Waals surface area contributed by atoms with Gasteiger partial charge in [0, 0.05) is 0 Å². The van der Waals surface area contributed by atoms with E-state index >= 15 is 0 Å². The predicted molar refractivity (Wildman–Crippen MR) is 88.4 cm³/mol. The molecular formula is C16H13Cl2NO4. The van der Waals surface area contributed by atoms with Gasteiger partial charge in [0.2, 0.25) is 0 Å². The van der Waals surface area contributed by atoms with Gasteiger partial charge >= 0.3 is 5.97 Å². The van der Waals surface area contributed by atoms with Crippen LogP contribution in [0.25, 0.3) is 0 Å². The topological polar surface area (TPSA) is 64.6 Å². The van der Waals surface area contributed by atoms with Crippen LogP contribution >= 0.6 is 23.2 Å². The van der Waals surface area contributed by atoms with Crippen LogP contribution in [0.3, 0.4) is 0 Å². The van der Waals surface area contributed by atoms with Crippen molar-refractivity contribution in [1.82, 2.24) is 0 Å². The van der Waals surface area contributed by atoms with E-state index < -0.39 is 18.5 Å². The summed E-state index contributed by atoms with van der Waals surface area (Å²) in [4.78, 5) is 23.9. The summed E-state index contributed by atoms with van der Waals surface area (Å²) >= 11 is 11.9. The molecule has 0 aliphatic carbocycles. The molecule has 7 heteroatoms. The van der Waals surface area contributed by atoms with Gasteiger partial charge in [-0.1, -0.05) is 41.4 Å². The van der Waals surface area contributed by atoms with Crippen LogP contribution < -0.4 is 10.1 Å². The van der Waals surface area contributed by atoms with Crippen LogP contribution in [0, 0.1) is 0 Å². The Balaban J connectivity index is 1.98. The molecule has 0 saturated heterocycles. The molecule has 23 heavy (non-hydrogen) atoms. The molecule has 2 aromatic carbocycles. The quantitative estimate of drug-likeness (QED) is 0.830. The Morgan fingerprint density at radius 1 is 1.04 bits per heavy atom. The van der Waals surface area contributed by atoms with Gasteiger partial charge in [-0.25, -0.2) is 4.79 Å². The van der Waals surface area contributed by atoms with Crippen molar-refractivity contribution in [3.8, 4) is 5.75 Å². The van der Waals surface area contributed by atoms with E-state index in [-0.39, 0.29) is 11.3 Å². The first kappa shape index (κ1) is 17.1. The number of hydrogen-bond acceptors (Lipinski definition) is 4. The van der Waals surface area contributed by atoms with Crippen LogP contribution in [0.15, 0.2) is 42.5 Å². The standard InChI is InChI=1S/C16H13Cl2NO4/c1-22-13-8-3-2-5-10(13)16(21)23-9-14(20)19-15-11(17)6-4-7-12(15)18/h2-8H,9H2,1H3,(H,19,20). The van der Waals surface area contributed by atoms with Gasteiger partial charge < -0.3 is 14.8 Å². The molecule has 0 spiro atoms. The monoisotopic (exact) mass is 353 g/mol. The molecule has 0 fully saturated rings. The summed E-state index contributed by atoms with van der Waals surface area (Å²) in [5.41, 5.74) is 0.507. The van der Waals surface area contributed by atoms with Crippen LogP contribution in [-0.4, -0.2) is 25.6 Å². The zero-order valence-corrected chi connectivity index (χ0v) is 13.6. The number of hydrogen-bond donors (Lipinski definition) is 1. The lowest BCUT2D eigenvalue weighted by atomic mass is 10.2. The van der Waals surface area contributed by atoms with Gasteiger partial charge in [0.25, 0.3) is 5.91 Å². The molecular weight excluding hydrogens is 341 g/mol. The number of benzene rings is 2. The van der Waals surface area contributed by atoms with E-state index in [2.05, 4.69) is 5.32 Å². The molecule has 0 aliphatic heterocycles. The molecule has 0 bridgehead atoms. The molecule has 0 radical (unpaired) electrons. The Morgan fingerprint density at radius 2 is 1.70 bits per heavy atom. The number of halogens is 2. The Kier molecular flexibility index (Phi) is 5.84. The van der Waals surface area contributed by atoms with Gasteiger partial charge in [0.15, 0.2) is 6.61 Å². The Morgan fingerprint density at radius 3 is 2.35 bits per heavy atom. The summed E-state index contributed by atoms with van der Waals surface area (Å²) < 4.78 is 10.0. The van der Waals surface area contributed by atoms with Crippen LogP contribution in [-0.2, 0) is 9.53 Å². The molecule has 2 rings (SSSR count). The maximum Gasteiger partial charge on any atom is 0.342 e. The molecule has 5 nitrogen and oxygen atoms in total. The Bertz CT molecular complexity index is 714. The number of anilines is 1. The van der Waals surface area contributed by atoms with Crippen molar-refractivity contribution in [2.75, 3.05) is 19.0 Å². The molecule has 0 aromatic heterocycles. The zero-order valence-electron chi connectivity index (χ0n) is 12.1. The number of methoxy groups -OCH3 is 1. The lowest BCUT2D eigenvalue weighted by Gasteiger charge is -2.10. The average molecular weight is 354 g/mol. The van der Waals surface area contributed by atoms with Crippen LogP contribution in [0.5, 0.6) is 5.75 Å². The van der Waals surface area contributed by atoms with Crippen molar-refractivity contribution < 1.29 is 19.1 Å². The van der Waals surface area contributed by atoms with Gasteiger partial charge in [0.1, 0.15) is 11.3 Å². The van der Waals surface area contributed by atoms with Gasteiger partial charge in [-0.3, -0.25) is 4.79 Å². The van der Waals surface area contributed by atoms with Crippen LogP contribution in [0.2, 0.25) is 10.0 Å². The lowest BCUT2D eigenvalue weighted by Crippen LogP contribution is -2.21. The number of ether oxygens (including phenoxy) is 2. The Hall–Kier alpha value is -2.24. The number of esters is 1. The number of rotatable bonds is 5. The summed E-state index contributed by atoms with van der Waals surface area (Å²) in [6.45, 7) is -0.474. The smallest absolute Gasteiger partial charge is 0.342 e. The molecule has 2 aromatic rings. The zero-order chi connectivity index (χ0) is 16.8. The summed E-state index contributed by atoms with van der Waals surface area (Å²) in [5.74, 6) is -0.849. The maximum atomic E-state index is 12.0. The average Bonchev–Trinajstić information content (AvgIpc) is 2.56. The van der Waals surface area contributed by atoms with E-state index in [1.165, 1.54) is 7.11 Å². The van der Waals surface area contributed by atoms with E-state index in [9.17, 15) is 9.59 Å². The highest BCUT2D eigenvalue weighted by Gasteiger charge is 2.16. The molecule has 0 aliphatic rings. The number of amides is 1. The molecule has 1 N–H and O–H groups in total. The highest BCUT2D eigenvalue weighted by Crippen LogP contribution is 2.29. The fraction of sp³-hybridized carbons (Fsp3) is 0.125. The van der Waals surface area contributed by atoms with Gasteiger partial charge in [-0.05, 0) is 24.3 Å². The first-order chi connectivity index (χ1) is 11.0. The lowest BCUT2D eigenvalue weighted by molar-refractivity contribution is -0.119. The molecule has 0 heterocycles. The molecule has 0 atom stereocenters. The number of nitrogens with one attached hydrogen (secondary N) is 1.